The van der Waals surface area contributed by atoms with Crippen molar-refractivity contribution in [1.82, 2.24) is 14.5 Å². The highest BCUT2D eigenvalue weighted by atomic mass is 32.2. The third kappa shape index (κ3) is 5.06. The number of nitrogens with zero attached hydrogens (tertiary/aromatic N) is 3. The first-order valence-corrected chi connectivity index (χ1v) is 13.9. The van der Waals surface area contributed by atoms with Gasteiger partial charge in [-0.3, -0.25) is 14.3 Å². The molecule has 4 rings (SSSR count). The van der Waals surface area contributed by atoms with Crippen molar-refractivity contribution in [2.24, 2.45) is 0 Å². The van der Waals surface area contributed by atoms with Gasteiger partial charge in [0.25, 0.3) is 5.56 Å². The molecule has 0 radical (unpaired) electrons. The average Bonchev–Trinajstić information content (AvgIpc) is 2.91. The van der Waals surface area contributed by atoms with Crippen molar-refractivity contribution in [3.8, 4) is 22.8 Å². The number of unbranched alkanes of at least 4 members (excludes halogenated alkanes) is 1. The molecule has 1 N–H and O–H groups in total. The smallest absolute Gasteiger partial charge is 0.296 e. The van der Waals surface area contributed by atoms with Crippen molar-refractivity contribution in [2.75, 3.05) is 7.11 Å². The van der Waals surface area contributed by atoms with Gasteiger partial charge in [-0.2, -0.15) is 4.98 Å². The van der Waals surface area contributed by atoms with Gasteiger partial charge in [-0.15, -0.1) is 0 Å². The lowest BCUT2D eigenvalue weighted by molar-refractivity contribution is 0.360. The molecule has 0 saturated heterocycles. The van der Waals surface area contributed by atoms with Crippen LogP contribution in [0, 0.1) is 6.92 Å². The molecule has 9 heteroatoms. The van der Waals surface area contributed by atoms with Gasteiger partial charge in [-0.05, 0) is 61.2 Å². The van der Waals surface area contributed by atoms with Crippen LogP contribution >= 0.6 is 0 Å². The fraction of sp³-hybridized carbons (Fsp3) is 0.276. The predicted molar refractivity (Wildman–Crippen MR) is 145 cm³/mol. The molecule has 0 fully saturated rings. The SMILES string of the molecule is CCCCc1nc(=O)c(S(=O)(=O)c2ccc(-c3ccncc3C)cc2)c(O)n1C(C)c1ccccc1OC. The van der Waals surface area contributed by atoms with Gasteiger partial charge in [-0.1, -0.05) is 43.7 Å². The molecule has 0 saturated carbocycles. The van der Waals surface area contributed by atoms with Crippen molar-refractivity contribution in [3.05, 3.63) is 94.3 Å². The zero-order valence-corrected chi connectivity index (χ0v) is 22.7. The molecule has 0 bridgehead atoms. The second kappa shape index (κ2) is 11.2. The van der Waals surface area contributed by atoms with Gasteiger partial charge in [0.2, 0.25) is 15.7 Å². The van der Waals surface area contributed by atoms with Gasteiger partial charge >= 0.3 is 0 Å². The van der Waals surface area contributed by atoms with E-state index in [-0.39, 0.29) is 4.90 Å². The van der Waals surface area contributed by atoms with E-state index in [1.807, 2.05) is 38.1 Å². The summed E-state index contributed by atoms with van der Waals surface area (Å²) in [5.74, 6) is 0.254. The molecule has 0 amide bonds. The number of pyridine rings is 1. The Bertz CT molecular complexity index is 1610. The lowest BCUT2D eigenvalue weighted by Gasteiger charge is -2.24. The number of benzene rings is 2. The van der Waals surface area contributed by atoms with Crippen LogP contribution in [0.4, 0.5) is 0 Å². The lowest BCUT2D eigenvalue weighted by atomic mass is 10.0. The van der Waals surface area contributed by atoms with Crippen LogP contribution < -0.4 is 10.3 Å². The fourth-order valence-electron chi connectivity index (χ4n) is 4.58. The van der Waals surface area contributed by atoms with Crippen LogP contribution in [-0.4, -0.2) is 35.2 Å². The van der Waals surface area contributed by atoms with Gasteiger partial charge in [0, 0.05) is 24.4 Å². The maximum atomic E-state index is 13.7. The number of hydrogen-bond acceptors (Lipinski definition) is 7. The standard InChI is InChI=1S/C29H31N3O5S/c1-5-6-11-26-31-28(33)27(29(34)32(26)20(3)24-9-7-8-10-25(24)37-4)38(35,36)22-14-12-21(13-15-22)23-16-17-30-18-19(23)2/h7-10,12-18,20,34H,5-6,11H2,1-4H3. The zero-order valence-electron chi connectivity index (χ0n) is 21.9. The van der Waals surface area contributed by atoms with Crippen LogP contribution in [0.1, 0.15) is 49.7 Å². The molecule has 0 aliphatic carbocycles. The van der Waals surface area contributed by atoms with Gasteiger partial charge < -0.3 is 9.84 Å². The van der Waals surface area contributed by atoms with E-state index < -0.39 is 32.2 Å². The first-order chi connectivity index (χ1) is 18.2. The highest BCUT2D eigenvalue weighted by Crippen LogP contribution is 2.35. The van der Waals surface area contributed by atoms with Crippen molar-refractivity contribution in [2.45, 2.75) is 55.9 Å². The van der Waals surface area contributed by atoms with Crippen LogP contribution in [0.5, 0.6) is 11.6 Å². The number of hydrogen-bond donors (Lipinski definition) is 1. The number of aryl methyl sites for hydroxylation is 2. The van der Waals surface area contributed by atoms with E-state index in [1.54, 1.807) is 44.6 Å². The van der Waals surface area contributed by atoms with Crippen LogP contribution in [-0.2, 0) is 16.3 Å². The Morgan fingerprint density at radius 3 is 2.45 bits per heavy atom. The Morgan fingerprint density at radius 2 is 1.79 bits per heavy atom. The van der Waals surface area contributed by atoms with Gasteiger partial charge in [-0.25, -0.2) is 8.42 Å². The Kier molecular flexibility index (Phi) is 7.97. The van der Waals surface area contributed by atoms with Gasteiger partial charge in [0.1, 0.15) is 11.6 Å². The second-order valence-electron chi connectivity index (χ2n) is 9.10. The Balaban J connectivity index is 1.86. The third-order valence-electron chi connectivity index (χ3n) is 6.63. The van der Waals surface area contributed by atoms with E-state index in [9.17, 15) is 18.3 Å². The Morgan fingerprint density at radius 1 is 1.08 bits per heavy atom. The molecule has 38 heavy (non-hydrogen) atoms. The Labute approximate surface area is 222 Å². The topological polar surface area (TPSA) is 111 Å². The molecule has 2 heterocycles. The van der Waals surface area contributed by atoms with E-state index in [1.165, 1.54) is 16.7 Å². The molecule has 0 aliphatic heterocycles. The minimum atomic E-state index is -4.39. The minimum absolute atomic E-state index is 0.111. The molecule has 0 spiro atoms. The molecular weight excluding hydrogens is 502 g/mol. The number of aromatic nitrogens is 3. The van der Waals surface area contributed by atoms with Crippen LogP contribution in [0.15, 0.2) is 81.6 Å². The van der Waals surface area contributed by atoms with Gasteiger partial charge in [0.05, 0.1) is 18.0 Å². The number of para-hydroxylation sites is 1. The zero-order chi connectivity index (χ0) is 27.4. The first kappa shape index (κ1) is 27.1. The molecule has 198 valence electrons. The lowest BCUT2D eigenvalue weighted by Crippen LogP contribution is -2.27. The van der Waals surface area contributed by atoms with E-state index in [0.717, 1.165) is 23.1 Å². The summed E-state index contributed by atoms with van der Waals surface area (Å²) < 4.78 is 34.3. The van der Waals surface area contributed by atoms with Crippen molar-refractivity contribution >= 4 is 9.84 Å². The molecular formula is C29H31N3O5S. The largest absolute Gasteiger partial charge is 0.496 e. The highest BCUT2D eigenvalue weighted by Gasteiger charge is 2.31. The van der Waals surface area contributed by atoms with E-state index in [0.29, 0.717) is 30.0 Å². The molecule has 1 unspecified atom stereocenters. The monoisotopic (exact) mass is 533 g/mol. The summed E-state index contributed by atoms with van der Waals surface area (Å²) in [5.41, 5.74) is 2.41. The quantitative estimate of drug-likeness (QED) is 0.318. The molecule has 4 aromatic rings. The van der Waals surface area contributed by atoms with Crippen LogP contribution in [0.3, 0.4) is 0 Å². The Hall–Kier alpha value is -3.98. The van der Waals surface area contributed by atoms with E-state index in [2.05, 4.69) is 9.97 Å². The van der Waals surface area contributed by atoms with E-state index in [4.69, 9.17) is 4.74 Å². The number of ether oxygens (including phenoxy) is 1. The highest BCUT2D eigenvalue weighted by molar-refractivity contribution is 7.91. The summed E-state index contributed by atoms with van der Waals surface area (Å²) >= 11 is 0. The summed E-state index contributed by atoms with van der Waals surface area (Å²) in [6, 6.07) is 14.8. The van der Waals surface area contributed by atoms with Crippen molar-refractivity contribution in [1.29, 1.82) is 0 Å². The maximum Gasteiger partial charge on any atom is 0.296 e. The third-order valence-corrected chi connectivity index (χ3v) is 8.42. The molecule has 2 aromatic heterocycles. The summed E-state index contributed by atoms with van der Waals surface area (Å²) in [5, 5.41) is 11.4. The average molecular weight is 534 g/mol. The minimum Gasteiger partial charge on any atom is -0.496 e. The first-order valence-electron chi connectivity index (χ1n) is 12.4. The number of aromatic hydroxyl groups is 1. The molecule has 8 nitrogen and oxygen atoms in total. The summed E-state index contributed by atoms with van der Waals surface area (Å²) in [4.78, 5) is 20.5. The predicted octanol–water partition coefficient (Wildman–Crippen LogP) is 5.11. The van der Waals surface area contributed by atoms with Crippen LogP contribution in [0.2, 0.25) is 0 Å². The summed E-state index contributed by atoms with van der Waals surface area (Å²) in [7, 11) is -2.85. The number of methoxy groups -OCH3 is 1. The normalized spacial score (nSPS) is 12.3. The number of rotatable bonds is 9. The molecule has 1 atom stereocenters. The summed E-state index contributed by atoms with van der Waals surface area (Å²) in [6.07, 6.45) is 5.35. The van der Waals surface area contributed by atoms with Gasteiger partial charge in [0.15, 0.2) is 4.90 Å². The van der Waals surface area contributed by atoms with Crippen molar-refractivity contribution < 1.29 is 18.3 Å². The number of sulfone groups is 1. The van der Waals surface area contributed by atoms with Crippen LogP contribution in [0.25, 0.3) is 11.1 Å². The fourth-order valence-corrected chi connectivity index (χ4v) is 5.93. The van der Waals surface area contributed by atoms with Crippen molar-refractivity contribution in [3.63, 3.8) is 0 Å². The maximum absolute atomic E-state index is 13.7. The second-order valence-corrected chi connectivity index (χ2v) is 11.0. The van der Waals surface area contributed by atoms with E-state index >= 15 is 0 Å². The summed E-state index contributed by atoms with van der Waals surface area (Å²) in [6.45, 7) is 5.73. The molecule has 0 aliphatic rings. The molecule has 2 aromatic carbocycles.